The van der Waals surface area contributed by atoms with Gasteiger partial charge in [-0.3, -0.25) is 9.59 Å². The van der Waals surface area contributed by atoms with Crippen LogP contribution in [0, 0.1) is 0 Å². The van der Waals surface area contributed by atoms with E-state index in [1.807, 2.05) is 18.2 Å². The van der Waals surface area contributed by atoms with Gasteiger partial charge >= 0.3 is 5.97 Å². The standard InChI is InChI=1S/C25H21NO6/c27-15-8-10-19-21(13-15)32-22-14-16(28)9-11-20(22)25(19)18-6-2-1-5-17(18)24(31)26(25)12-4-3-7-23(29)30/h1-2,5-6,8-11,13-14,27-28H,3-4,7,12H2,(H,29,30). The van der Waals surface area contributed by atoms with E-state index in [2.05, 4.69) is 0 Å². The van der Waals surface area contributed by atoms with Crippen LogP contribution >= 0.6 is 0 Å². The predicted octanol–water partition coefficient (Wildman–Crippen LogP) is 4.21. The number of fused-ring (bicyclic) bond motifs is 6. The number of rotatable bonds is 5. The molecule has 0 aromatic heterocycles. The Labute approximate surface area is 184 Å². The van der Waals surface area contributed by atoms with Crippen molar-refractivity contribution in [1.29, 1.82) is 0 Å². The number of phenolic OH excluding ortho intramolecular Hbond substituents is 2. The molecule has 1 spiro atoms. The number of carboxylic acid groups (broad SMARTS) is 1. The van der Waals surface area contributed by atoms with Crippen molar-refractivity contribution in [2.24, 2.45) is 0 Å². The van der Waals surface area contributed by atoms with Crippen LogP contribution in [0.5, 0.6) is 23.0 Å². The topological polar surface area (TPSA) is 107 Å². The van der Waals surface area contributed by atoms with Crippen molar-refractivity contribution in [2.45, 2.75) is 24.8 Å². The van der Waals surface area contributed by atoms with Gasteiger partial charge in [-0.25, -0.2) is 0 Å². The highest BCUT2D eigenvalue weighted by Crippen LogP contribution is 2.58. The maximum Gasteiger partial charge on any atom is 0.303 e. The molecule has 0 unspecified atom stereocenters. The highest BCUT2D eigenvalue weighted by Gasteiger charge is 2.55. The average molecular weight is 431 g/mol. The van der Waals surface area contributed by atoms with Crippen LogP contribution in [0.4, 0.5) is 0 Å². The summed E-state index contributed by atoms with van der Waals surface area (Å²) >= 11 is 0. The molecule has 2 aliphatic heterocycles. The van der Waals surface area contributed by atoms with Crippen LogP contribution in [-0.4, -0.2) is 38.6 Å². The normalized spacial score (nSPS) is 15.1. The minimum Gasteiger partial charge on any atom is -0.508 e. The van der Waals surface area contributed by atoms with Crippen LogP contribution in [0.3, 0.4) is 0 Å². The number of phenols is 2. The first-order valence-electron chi connectivity index (χ1n) is 10.4. The van der Waals surface area contributed by atoms with Gasteiger partial charge in [0.1, 0.15) is 28.5 Å². The minimum absolute atomic E-state index is 0.0214. The molecular weight excluding hydrogens is 410 g/mol. The lowest BCUT2D eigenvalue weighted by Crippen LogP contribution is -2.47. The molecule has 3 N–H and O–H groups in total. The molecule has 0 bridgehead atoms. The van der Waals surface area contributed by atoms with Gasteiger partial charge in [0.15, 0.2) is 0 Å². The summed E-state index contributed by atoms with van der Waals surface area (Å²) in [6.45, 7) is 0.335. The minimum atomic E-state index is -1.03. The Balaban J connectivity index is 1.75. The number of ether oxygens (including phenoxy) is 1. The summed E-state index contributed by atoms with van der Waals surface area (Å²) in [6.07, 6.45) is 0.975. The first-order chi connectivity index (χ1) is 15.4. The van der Waals surface area contributed by atoms with Gasteiger partial charge in [-0.05, 0) is 48.7 Å². The number of carbonyl (C=O) groups is 2. The molecular formula is C25H21NO6. The van der Waals surface area contributed by atoms with Crippen molar-refractivity contribution < 1.29 is 29.6 Å². The Morgan fingerprint density at radius 2 is 1.50 bits per heavy atom. The van der Waals surface area contributed by atoms with Crippen molar-refractivity contribution in [1.82, 2.24) is 4.90 Å². The Morgan fingerprint density at radius 1 is 0.875 bits per heavy atom. The number of aliphatic carboxylic acids is 1. The van der Waals surface area contributed by atoms with Crippen LogP contribution in [0.2, 0.25) is 0 Å². The monoisotopic (exact) mass is 431 g/mol. The molecule has 3 aromatic rings. The summed E-state index contributed by atoms with van der Waals surface area (Å²) in [5, 5.41) is 29.2. The van der Waals surface area contributed by atoms with Crippen LogP contribution in [-0.2, 0) is 10.3 Å². The number of unbranched alkanes of at least 4 members (excludes halogenated alkanes) is 1. The third kappa shape index (κ3) is 2.81. The average Bonchev–Trinajstić information content (AvgIpc) is 3.00. The van der Waals surface area contributed by atoms with Crippen molar-refractivity contribution in [3.8, 4) is 23.0 Å². The van der Waals surface area contributed by atoms with Gasteiger partial charge in [-0.2, -0.15) is 0 Å². The third-order valence-corrected chi connectivity index (χ3v) is 6.15. The summed E-state index contributed by atoms with van der Waals surface area (Å²) < 4.78 is 6.05. The van der Waals surface area contributed by atoms with Gasteiger partial charge in [0, 0.05) is 41.8 Å². The zero-order valence-corrected chi connectivity index (χ0v) is 17.1. The Kier molecular flexibility index (Phi) is 4.55. The number of hydrogen-bond donors (Lipinski definition) is 3. The van der Waals surface area contributed by atoms with E-state index >= 15 is 0 Å². The number of hydrogen-bond acceptors (Lipinski definition) is 5. The maximum atomic E-state index is 13.6. The van der Waals surface area contributed by atoms with Crippen LogP contribution in [0.25, 0.3) is 0 Å². The maximum absolute atomic E-state index is 13.6. The second kappa shape index (κ2) is 7.30. The largest absolute Gasteiger partial charge is 0.508 e. The summed E-state index contributed by atoms with van der Waals surface area (Å²) in [6, 6.07) is 17.0. The zero-order chi connectivity index (χ0) is 22.5. The molecule has 5 rings (SSSR count). The van der Waals surface area contributed by atoms with E-state index in [-0.39, 0.29) is 23.8 Å². The van der Waals surface area contributed by atoms with E-state index in [4.69, 9.17) is 9.84 Å². The summed E-state index contributed by atoms with van der Waals surface area (Å²) in [4.78, 5) is 26.4. The molecule has 0 saturated carbocycles. The molecule has 7 heteroatoms. The second-order valence-electron chi connectivity index (χ2n) is 8.03. The smallest absolute Gasteiger partial charge is 0.303 e. The van der Waals surface area contributed by atoms with Crippen molar-refractivity contribution in [3.05, 3.63) is 82.9 Å². The molecule has 0 aliphatic carbocycles. The summed E-state index contributed by atoms with van der Waals surface area (Å²) in [7, 11) is 0. The summed E-state index contributed by atoms with van der Waals surface area (Å²) in [5.74, 6) is -0.202. The lowest BCUT2D eigenvalue weighted by atomic mass is 9.74. The number of benzene rings is 3. The Hall–Kier alpha value is -4.00. The molecule has 162 valence electrons. The number of aromatic hydroxyl groups is 2. The van der Waals surface area contributed by atoms with Crippen LogP contribution in [0.1, 0.15) is 46.3 Å². The molecule has 2 heterocycles. The molecule has 32 heavy (non-hydrogen) atoms. The molecule has 0 saturated heterocycles. The quantitative estimate of drug-likeness (QED) is 0.523. The van der Waals surface area contributed by atoms with Crippen LogP contribution in [0.15, 0.2) is 60.7 Å². The molecule has 0 radical (unpaired) electrons. The van der Waals surface area contributed by atoms with E-state index in [9.17, 15) is 19.8 Å². The molecule has 3 aromatic carbocycles. The van der Waals surface area contributed by atoms with Gasteiger partial charge in [0.2, 0.25) is 0 Å². The third-order valence-electron chi connectivity index (χ3n) is 6.15. The van der Waals surface area contributed by atoms with E-state index in [0.717, 1.165) is 5.56 Å². The molecule has 0 fully saturated rings. The zero-order valence-electron chi connectivity index (χ0n) is 17.1. The number of amides is 1. The number of nitrogens with zero attached hydrogens (tertiary/aromatic N) is 1. The fourth-order valence-electron chi connectivity index (χ4n) is 4.88. The van der Waals surface area contributed by atoms with Gasteiger partial charge in [-0.1, -0.05) is 18.2 Å². The lowest BCUT2D eigenvalue weighted by Gasteiger charge is -2.44. The first kappa shape index (κ1) is 19.9. The van der Waals surface area contributed by atoms with Gasteiger partial charge in [0.05, 0.1) is 0 Å². The Bertz CT molecular complexity index is 1200. The van der Waals surface area contributed by atoms with Gasteiger partial charge < -0.3 is 25.0 Å². The van der Waals surface area contributed by atoms with Crippen LogP contribution < -0.4 is 4.74 Å². The SMILES string of the molecule is O=C(O)CCCCN1C(=O)c2ccccc2C12c1ccc(O)cc1Oc1cc(O)ccc12. The first-order valence-corrected chi connectivity index (χ1v) is 10.4. The molecule has 2 aliphatic rings. The molecule has 1 amide bonds. The summed E-state index contributed by atoms with van der Waals surface area (Å²) in [5.41, 5.74) is 1.72. The number of carbonyl (C=O) groups excluding carboxylic acids is 1. The van der Waals surface area contributed by atoms with Crippen molar-refractivity contribution in [3.63, 3.8) is 0 Å². The van der Waals surface area contributed by atoms with E-state index < -0.39 is 11.5 Å². The fraction of sp³-hybridized carbons (Fsp3) is 0.200. The lowest BCUT2D eigenvalue weighted by molar-refractivity contribution is -0.137. The van der Waals surface area contributed by atoms with Gasteiger partial charge in [-0.15, -0.1) is 0 Å². The number of carboxylic acids is 1. The van der Waals surface area contributed by atoms with E-state index in [0.29, 0.717) is 47.6 Å². The highest BCUT2D eigenvalue weighted by molar-refractivity contribution is 6.02. The van der Waals surface area contributed by atoms with Gasteiger partial charge in [0.25, 0.3) is 5.91 Å². The van der Waals surface area contributed by atoms with E-state index in [1.165, 1.54) is 12.1 Å². The Morgan fingerprint density at radius 3 is 2.12 bits per heavy atom. The van der Waals surface area contributed by atoms with Crippen molar-refractivity contribution in [2.75, 3.05) is 6.54 Å². The molecule has 0 atom stereocenters. The molecule has 7 nitrogen and oxygen atoms in total. The van der Waals surface area contributed by atoms with E-state index in [1.54, 1.807) is 35.2 Å². The highest BCUT2D eigenvalue weighted by atomic mass is 16.5. The predicted molar refractivity (Wildman–Crippen MR) is 115 cm³/mol. The van der Waals surface area contributed by atoms with Crippen molar-refractivity contribution >= 4 is 11.9 Å². The fourth-order valence-corrected chi connectivity index (χ4v) is 4.88. The second-order valence-corrected chi connectivity index (χ2v) is 8.03.